The lowest BCUT2D eigenvalue weighted by atomic mass is 9.96. The van der Waals surface area contributed by atoms with Gasteiger partial charge in [-0.05, 0) is 13.3 Å². The van der Waals surface area contributed by atoms with Crippen molar-refractivity contribution in [1.29, 1.82) is 0 Å². The molecule has 3 heteroatoms. The molecule has 0 rings (SSSR count). The molecule has 0 aliphatic heterocycles. The van der Waals surface area contributed by atoms with E-state index >= 15 is 0 Å². The summed E-state index contributed by atoms with van der Waals surface area (Å²) in [5.74, 6) is -0.446. The molecule has 0 aliphatic rings. The molecule has 0 aromatic rings. The third-order valence-corrected chi connectivity index (χ3v) is 1.34. The number of amides is 1. The summed E-state index contributed by atoms with van der Waals surface area (Å²) in [4.78, 5) is 10.4. The zero-order valence-electron chi connectivity index (χ0n) is 6.55. The number of aliphatic hydroxyl groups is 1. The van der Waals surface area contributed by atoms with Crippen molar-refractivity contribution in [2.75, 3.05) is 0 Å². The molecule has 60 valence electrons. The fraction of sp³-hybridized carbons (Fsp3) is 0.857. The van der Waals surface area contributed by atoms with Gasteiger partial charge in [0.1, 0.15) is 0 Å². The summed E-state index contributed by atoms with van der Waals surface area (Å²) in [5, 5.41) is 9.38. The first-order valence-electron chi connectivity index (χ1n) is 3.48. The van der Waals surface area contributed by atoms with Crippen LogP contribution in [-0.2, 0) is 4.79 Å². The van der Waals surface area contributed by atoms with Gasteiger partial charge in [-0.15, -0.1) is 0 Å². The van der Waals surface area contributed by atoms with Crippen LogP contribution in [0.4, 0.5) is 0 Å². The van der Waals surface area contributed by atoms with Crippen molar-refractivity contribution in [2.45, 2.75) is 38.7 Å². The Hall–Kier alpha value is -0.570. The summed E-state index contributed by atoms with van der Waals surface area (Å²) >= 11 is 0. The molecule has 10 heavy (non-hydrogen) atoms. The minimum absolute atomic E-state index is 0.0564. The normalized spacial score (nSPS) is 16.3. The van der Waals surface area contributed by atoms with E-state index in [0.29, 0.717) is 6.42 Å². The van der Waals surface area contributed by atoms with Crippen LogP contribution in [0.3, 0.4) is 0 Å². The SMILES string of the molecule is CCCC(C)(O)CC(N)=O. The Morgan fingerprint density at radius 1 is 1.70 bits per heavy atom. The quantitative estimate of drug-likeness (QED) is 0.602. The van der Waals surface area contributed by atoms with Crippen LogP contribution in [0.15, 0.2) is 0 Å². The summed E-state index contributed by atoms with van der Waals surface area (Å²) in [6.45, 7) is 3.58. The maximum absolute atomic E-state index is 10.4. The van der Waals surface area contributed by atoms with Crippen molar-refractivity contribution in [3.05, 3.63) is 0 Å². The van der Waals surface area contributed by atoms with Crippen molar-refractivity contribution in [3.63, 3.8) is 0 Å². The highest BCUT2D eigenvalue weighted by Crippen LogP contribution is 2.15. The molecule has 0 aromatic heterocycles. The summed E-state index contributed by atoms with van der Waals surface area (Å²) in [5.41, 5.74) is 4.01. The molecule has 1 amide bonds. The Morgan fingerprint density at radius 3 is 2.50 bits per heavy atom. The maximum Gasteiger partial charge on any atom is 0.220 e. The number of hydrogen-bond donors (Lipinski definition) is 2. The van der Waals surface area contributed by atoms with Gasteiger partial charge in [0.25, 0.3) is 0 Å². The van der Waals surface area contributed by atoms with Gasteiger partial charge in [0.05, 0.1) is 12.0 Å². The Kier molecular flexibility index (Phi) is 3.36. The topological polar surface area (TPSA) is 63.3 Å². The van der Waals surface area contributed by atoms with Gasteiger partial charge >= 0.3 is 0 Å². The summed E-state index contributed by atoms with van der Waals surface area (Å²) in [7, 11) is 0. The smallest absolute Gasteiger partial charge is 0.220 e. The van der Waals surface area contributed by atoms with Crippen LogP contribution >= 0.6 is 0 Å². The van der Waals surface area contributed by atoms with Gasteiger partial charge in [0.15, 0.2) is 0 Å². The Bertz CT molecular complexity index is 121. The van der Waals surface area contributed by atoms with Gasteiger partial charge in [-0.2, -0.15) is 0 Å². The van der Waals surface area contributed by atoms with E-state index < -0.39 is 11.5 Å². The zero-order chi connectivity index (χ0) is 8.20. The molecule has 1 unspecified atom stereocenters. The zero-order valence-corrected chi connectivity index (χ0v) is 6.55. The van der Waals surface area contributed by atoms with Crippen molar-refractivity contribution in [1.82, 2.24) is 0 Å². The minimum Gasteiger partial charge on any atom is -0.390 e. The van der Waals surface area contributed by atoms with Gasteiger partial charge in [-0.25, -0.2) is 0 Å². The Labute approximate surface area is 61.2 Å². The van der Waals surface area contributed by atoms with Crippen molar-refractivity contribution < 1.29 is 9.90 Å². The van der Waals surface area contributed by atoms with E-state index in [1.165, 1.54) is 0 Å². The lowest BCUT2D eigenvalue weighted by Crippen LogP contribution is -2.30. The molecule has 0 saturated carbocycles. The molecule has 0 radical (unpaired) electrons. The van der Waals surface area contributed by atoms with Crippen LogP contribution in [0.5, 0.6) is 0 Å². The van der Waals surface area contributed by atoms with Gasteiger partial charge < -0.3 is 10.8 Å². The van der Waals surface area contributed by atoms with Crippen LogP contribution in [0.1, 0.15) is 33.1 Å². The molecule has 0 heterocycles. The third-order valence-electron chi connectivity index (χ3n) is 1.34. The van der Waals surface area contributed by atoms with Crippen molar-refractivity contribution >= 4 is 5.91 Å². The molecule has 1 atom stereocenters. The van der Waals surface area contributed by atoms with Gasteiger partial charge in [0, 0.05) is 0 Å². The van der Waals surface area contributed by atoms with E-state index in [1.807, 2.05) is 6.92 Å². The Morgan fingerprint density at radius 2 is 2.20 bits per heavy atom. The third kappa shape index (κ3) is 4.32. The summed E-state index contributed by atoms with van der Waals surface area (Å²) in [6.07, 6.45) is 1.54. The van der Waals surface area contributed by atoms with Crippen LogP contribution in [0, 0.1) is 0 Å². The second-order valence-corrected chi connectivity index (χ2v) is 2.89. The number of hydrogen-bond acceptors (Lipinski definition) is 2. The molecule has 0 saturated heterocycles. The molecule has 0 fully saturated rings. The fourth-order valence-electron chi connectivity index (χ4n) is 1.00. The van der Waals surface area contributed by atoms with Gasteiger partial charge in [-0.1, -0.05) is 13.3 Å². The van der Waals surface area contributed by atoms with Crippen molar-refractivity contribution in [2.24, 2.45) is 5.73 Å². The molecule has 3 N–H and O–H groups in total. The number of rotatable bonds is 4. The lowest BCUT2D eigenvalue weighted by Gasteiger charge is -2.19. The highest BCUT2D eigenvalue weighted by atomic mass is 16.3. The van der Waals surface area contributed by atoms with E-state index in [0.717, 1.165) is 6.42 Å². The second kappa shape index (κ2) is 3.56. The molecule has 0 aliphatic carbocycles. The van der Waals surface area contributed by atoms with E-state index in [2.05, 4.69) is 0 Å². The largest absolute Gasteiger partial charge is 0.390 e. The predicted molar refractivity (Wildman–Crippen MR) is 39.3 cm³/mol. The lowest BCUT2D eigenvalue weighted by molar-refractivity contribution is -0.122. The molecule has 0 aromatic carbocycles. The van der Waals surface area contributed by atoms with E-state index in [9.17, 15) is 9.90 Å². The van der Waals surface area contributed by atoms with Gasteiger partial charge in [0.2, 0.25) is 5.91 Å². The number of primary amides is 1. The van der Waals surface area contributed by atoms with Crippen molar-refractivity contribution in [3.8, 4) is 0 Å². The van der Waals surface area contributed by atoms with E-state index in [-0.39, 0.29) is 6.42 Å². The summed E-state index contributed by atoms with van der Waals surface area (Å²) in [6, 6.07) is 0. The van der Waals surface area contributed by atoms with E-state index in [4.69, 9.17) is 5.73 Å². The molecular formula is C7H15NO2. The molecule has 0 spiro atoms. The average molecular weight is 145 g/mol. The van der Waals surface area contributed by atoms with Crippen LogP contribution < -0.4 is 5.73 Å². The predicted octanol–water partition coefficient (Wildman–Crippen LogP) is 0.413. The highest BCUT2D eigenvalue weighted by Gasteiger charge is 2.21. The second-order valence-electron chi connectivity index (χ2n) is 2.89. The maximum atomic E-state index is 10.4. The Balaban J connectivity index is 3.74. The molecular weight excluding hydrogens is 130 g/mol. The van der Waals surface area contributed by atoms with Crippen LogP contribution in [0.2, 0.25) is 0 Å². The van der Waals surface area contributed by atoms with E-state index in [1.54, 1.807) is 6.92 Å². The first kappa shape index (κ1) is 9.43. The van der Waals surface area contributed by atoms with Crippen LogP contribution in [0.25, 0.3) is 0 Å². The first-order valence-corrected chi connectivity index (χ1v) is 3.48. The average Bonchev–Trinajstić information content (AvgIpc) is 1.59. The fourth-order valence-corrected chi connectivity index (χ4v) is 1.00. The highest BCUT2D eigenvalue weighted by molar-refractivity contribution is 5.74. The standard InChI is InChI=1S/C7H15NO2/c1-3-4-7(2,10)5-6(8)9/h10H,3-5H2,1-2H3,(H2,8,9). The van der Waals surface area contributed by atoms with Crippen LogP contribution in [-0.4, -0.2) is 16.6 Å². The number of nitrogens with two attached hydrogens (primary N) is 1. The summed E-state index contributed by atoms with van der Waals surface area (Å²) < 4.78 is 0. The number of carbonyl (C=O) groups excluding carboxylic acids is 1. The number of carbonyl (C=O) groups is 1. The first-order chi connectivity index (χ1) is 4.48. The monoisotopic (exact) mass is 145 g/mol. The van der Waals surface area contributed by atoms with Gasteiger partial charge in [-0.3, -0.25) is 4.79 Å². The minimum atomic E-state index is -0.902. The molecule has 3 nitrogen and oxygen atoms in total. The molecule has 0 bridgehead atoms.